The van der Waals surface area contributed by atoms with Gasteiger partial charge in [-0.05, 0) is 35.9 Å². The topological polar surface area (TPSA) is 64.7 Å². The second-order valence-corrected chi connectivity index (χ2v) is 5.44. The number of anilines is 1. The fourth-order valence-electron chi connectivity index (χ4n) is 1.33. The minimum atomic E-state index is 0.535. The third-order valence-electron chi connectivity index (χ3n) is 2.13. The zero-order valence-corrected chi connectivity index (χ0v) is 12.0. The van der Waals surface area contributed by atoms with E-state index in [1.807, 2.05) is 12.3 Å². The summed E-state index contributed by atoms with van der Waals surface area (Å²) in [6.07, 6.45) is 0.848. The molecule has 2 aromatic rings. The summed E-state index contributed by atoms with van der Waals surface area (Å²) in [5.74, 6) is 1.16. The van der Waals surface area contributed by atoms with Crippen LogP contribution in [0.5, 0.6) is 0 Å². The summed E-state index contributed by atoms with van der Waals surface area (Å²) in [6.45, 7) is 4.02. The molecule has 2 heterocycles. The van der Waals surface area contributed by atoms with Gasteiger partial charge in [0, 0.05) is 5.38 Å². The van der Waals surface area contributed by atoms with E-state index in [2.05, 4.69) is 44.5 Å². The molecule has 0 aliphatic heterocycles. The zero-order valence-electron chi connectivity index (χ0n) is 8.99. The van der Waals surface area contributed by atoms with Gasteiger partial charge in [0.05, 0.1) is 14.3 Å². The van der Waals surface area contributed by atoms with Gasteiger partial charge in [0.2, 0.25) is 0 Å². The number of rotatable bonds is 2. The Hall–Kier alpha value is -0.760. The van der Waals surface area contributed by atoms with Gasteiger partial charge in [-0.3, -0.25) is 0 Å². The van der Waals surface area contributed by atoms with Crippen molar-refractivity contribution in [2.24, 2.45) is 0 Å². The molecule has 0 atom stereocenters. The summed E-state index contributed by atoms with van der Waals surface area (Å²) in [4.78, 5) is 13.1. The normalized spacial score (nSPS) is 10.7. The fraction of sp³-hybridized carbons (Fsp3) is 0.300. The first-order chi connectivity index (χ1) is 7.61. The molecule has 4 nitrogen and oxygen atoms in total. The summed E-state index contributed by atoms with van der Waals surface area (Å²) in [6, 6.07) is 0. The number of thiazole rings is 1. The van der Waals surface area contributed by atoms with E-state index in [4.69, 9.17) is 5.73 Å². The Balaban J connectivity index is 2.54. The van der Waals surface area contributed by atoms with Crippen molar-refractivity contribution >= 4 is 39.7 Å². The molecule has 2 N–H and O–H groups in total. The van der Waals surface area contributed by atoms with Crippen LogP contribution in [0.2, 0.25) is 0 Å². The standard InChI is InChI=1S/C10H11IN4S/c1-3-6-8(11)9(12)15-10(14-6)7-4-16-5(2)13-7/h4H,3H2,1-2H3,(H2,12,14,15). The lowest BCUT2D eigenvalue weighted by Gasteiger charge is -2.05. The number of nitrogens with two attached hydrogens (primary N) is 1. The van der Waals surface area contributed by atoms with E-state index in [9.17, 15) is 0 Å². The second kappa shape index (κ2) is 4.62. The smallest absolute Gasteiger partial charge is 0.181 e. The van der Waals surface area contributed by atoms with Crippen LogP contribution in [0.15, 0.2) is 5.38 Å². The molecule has 0 fully saturated rings. The van der Waals surface area contributed by atoms with Crippen LogP contribution in [-0.2, 0) is 6.42 Å². The summed E-state index contributed by atoms with van der Waals surface area (Å²) in [5, 5.41) is 2.96. The van der Waals surface area contributed by atoms with E-state index < -0.39 is 0 Å². The molecule has 84 valence electrons. The van der Waals surface area contributed by atoms with E-state index in [0.29, 0.717) is 11.6 Å². The summed E-state index contributed by atoms with van der Waals surface area (Å²) < 4.78 is 0.941. The van der Waals surface area contributed by atoms with Gasteiger partial charge >= 0.3 is 0 Å². The lowest BCUT2D eigenvalue weighted by atomic mass is 10.3. The minimum Gasteiger partial charge on any atom is -0.383 e. The Morgan fingerprint density at radius 2 is 2.12 bits per heavy atom. The van der Waals surface area contributed by atoms with Crippen LogP contribution >= 0.6 is 33.9 Å². The molecule has 16 heavy (non-hydrogen) atoms. The highest BCUT2D eigenvalue weighted by Crippen LogP contribution is 2.23. The predicted molar refractivity (Wildman–Crippen MR) is 74.4 cm³/mol. The number of nitrogens with zero attached hydrogens (tertiary/aromatic N) is 3. The van der Waals surface area contributed by atoms with Gasteiger partial charge in [0.15, 0.2) is 5.82 Å². The number of aromatic nitrogens is 3. The lowest BCUT2D eigenvalue weighted by Crippen LogP contribution is -2.04. The highest BCUT2D eigenvalue weighted by Gasteiger charge is 2.11. The zero-order chi connectivity index (χ0) is 11.7. The van der Waals surface area contributed by atoms with Crippen molar-refractivity contribution in [3.8, 4) is 11.5 Å². The monoisotopic (exact) mass is 346 g/mol. The first kappa shape index (κ1) is 11.7. The number of halogens is 1. The Bertz CT molecular complexity index is 524. The van der Waals surface area contributed by atoms with Gasteiger partial charge in [0.25, 0.3) is 0 Å². The average molecular weight is 346 g/mol. The van der Waals surface area contributed by atoms with Crippen molar-refractivity contribution < 1.29 is 0 Å². The molecular weight excluding hydrogens is 335 g/mol. The summed E-state index contributed by atoms with van der Waals surface area (Å²) in [5.41, 5.74) is 7.64. The number of hydrogen-bond acceptors (Lipinski definition) is 5. The van der Waals surface area contributed by atoms with Crippen LogP contribution < -0.4 is 5.73 Å². The van der Waals surface area contributed by atoms with Gasteiger partial charge in [-0.2, -0.15) is 0 Å². The van der Waals surface area contributed by atoms with E-state index in [0.717, 1.165) is 26.4 Å². The lowest BCUT2D eigenvalue weighted by molar-refractivity contribution is 0.988. The van der Waals surface area contributed by atoms with Crippen molar-refractivity contribution in [3.63, 3.8) is 0 Å². The number of aryl methyl sites for hydroxylation is 2. The van der Waals surface area contributed by atoms with Crippen molar-refractivity contribution in [2.45, 2.75) is 20.3 Å². The van der Waals surface area contributed by atoms with E-state index in [1.54, 1.807) is 11.3 Å². The first-order valence-electron chi connectivity index (χ1n) is 4.86. The third-order valence-corrected chi connectivity index (χ3v) is 4.08. The molecule has 0 amide bonds. The molecule has 0 saturated carbocycles. The molecule has 0 bridgehead atoms. The second-order valence-electron chi connectivity index (χ2n) is 3.30. The summed E-state index contributed by atoms with van der Waals surface area (Å²) >= 11 is 3.77. The minimum absolute atomic E-state index is 0.535. The van der Waals surface area contributed by atoms with E-state index in [1.165, 1.54) is 0 Å². The van der Waals surface area contributed by atoms with Crippen molar-refractivity contribution in [2.75, 3.05) is 5.73 Å². The van der Waals surface area contributed by atoms with Crippen LogP contribution in [0.1, 0.15) is 17.6 Å². The van der Waals surface area contributed by atoms with Gasteiger partial charge in [0.1, 0.15) is 11.5 Å². The van der Waals surface area contributed by atoms with E-state index >= 15 is 0 Å². The SMILES string of the molecule is CCc1nc(-c2csc(C)n2)nc(N)c1I. The molecule has 0 aromatic carbocycles. The van der Waals surface area contributed by atoms with Crippen LogP contribution in [0.4, 0.5) is 5.82 Å². The maximum atomic E-state index is 5.86. The van der Waals surface area contributed by atoms with Gasteiger partial charge in [-0.25, -0.2) is 15.0 Å². The van der Waals surface area contributed by atoms with Crippen molar-refractivity contribution in [3.05, 3.63) is 19.7 Å². The summed E-state index contributed by atoms with van der Waals surface area (Å²) in [7, 11) is 0. The van der Waals surface area contributed by atoms with Crippen molar-refractivity contribution in [1.82, 2.24) is 15.0 Å². The maximum absolute atomic E-state index is 5.86. The molecule has 0 saturated heterocycles. The Morgan fingerprint density at radius 3 is 2.69 bits per heavy atom. The Labute approximate surface area is 111 Å². The largest absolute Gasteiger partial charge is 0.383 e. The van der Waals surface area contributed by atoms with Crippen LogP contribution in [0.3, 0.4) is 0 Å². The molecule has 2 aromatic heterocycles. The molecule has 6 heteroatoms. The van der Waals surface area contributed by atoms with Crippen LogP contribution in [-0.4, -0.2) is 15.0 Å². The van der Waals surface area contributed by atoms with Gasteiger partial charge in [-0.15, -0.1) is 11.3 Å². The van der Waals surface area contributed by atoms with Crippen molar-refractivity contribution in [1.29, 1.82) is 0 Å². The predicted octanol–water partition coefficient (Wildman–Crippen LogP) is 2.66. The highest BCUT2D eigenvalue weighted by atomic mass is 127. The number of nitrogen functional groups attached to an aromatic ring is 1. The molecule has 0 spiro atoms. The fourth-order valence-corrected chi connectivity index (χ4v) is 2.54. The number of hydrogen-bond donors (Lipinski definition) is 1. The molecular formula is C10H11IN4S. The quantitative estimate of drug-likeness (QED) is 0.849. The first-order valence-corrected chi connectivity index (χ1v) is 6.82. The molecule has 2 rings (SSSR count). The Morgan fingerprint density at radius 1 is 1.38 bits per heavy atom. The Kier molecular flexibility index (Phi) is 3.38. The van der Waals surface area contributed by atoms with Gasteiger partial charge in [-0.1, -0.05) is 6.92 Å². The van der Waals surface area contributed by atoms with E-state index in [-0.39, 0.29) is 0 Å². The molecule has 0 aliphatic rings. The highest BCUT2D eigenvalue weighted by molar-refractivity contribution is 14.1. The van der Waals surface area contributed by atoms with Gasteiger partial charge < -0.3 is 5.73 Å². The van der Waals surface area contributed by atoms with Crippen LogP contribution in [0.25, 0.3) is 11.5 Å². The average Bonchev–Trinajstić information content (AvgIpc) is 2.69. The molecule has 0 unspecified atom stereocenters. The maximum Gasteiger partial charge on any atom is 0.181 e. The third kappa shape index (κ3) is 2.17. The molecule has 0 radical (unpaired) electrons. The molecule has 0 aliphatic carbocycles. The van der Waals surface area contributed by atoms with Crippen LogP contribution in [0, 0.1) is 10.5 Å².